The van der Waals surface area contributed by atoms with Gasteiger partial charge in [0.15, 0.2) is 0 Å². The normalized spacial score (nSPS) is 19.1. The van der Waals surface area contributed by atoms with E-state index in [1.165, 1.54) is 5.56 Å². The summed E-state index contributed by atoms with van der Waals surface area (Å²) < 4.78 is 12.1. The molecule has 1 aliphatic heterocycles. The van der Waals surface area contributed by atoms with Crippen LogP contribution in [0.2, 0.25) is 0 Å². The predicted molar refractivity (Wildman–Crippen MR) is 95.0 cm³/mol. The third-order valence-corrected chi connectivity index (χ3v) is 5.00. The van der Waals surface area contributed by atoms with E-state index in [4.69, 9.17) is 9.31 Å². The monoisotopic (exact) mass is 316 g/mol. The van der Waals surface area contributed by atoms with E-state index >= 15 is 0 Å². The van der Waals surface area contributed by atoms with Crippen LogP contribution >= 0.6 is 0 Å². The van der Waals surface area contributed by atoms with E-state index in [2.05, 4.69) is 52.0 Å². The molecule has 1 saturated heterocycles. The zero-order valence-electron chi connectivity index (χ0n) is 15.1. The van der Waals surface area contributed by atoms with Gasteiger partial charge in [0.05, 0.1) is 11.2 Å². The Kier molecular flexibility index (Phi) is 5.69. The second-order valence-corrected chi connectivity index (χ2v) is 7.59. The number of hydrogen-bond donors (Lipinski definition) is 0. The second kappa shape index (κ2) is 7.19. The van der Waals surface area contributed by atoms with Crippen molar-refractivity contribution in [3.8, 4) is 0 Å². The third-order valence-electron chi connectivity index (χ3n) is 5.00. The van der Waals surface area contributed by atoms with Crippen molar-refractivity contribution in [2.45, 2.75) is 77.9 Å². The lowest BCUT2D eigenvalue weighted by atomic mass is 9.78. The van der Waals surface area contributed by atoms with Crippen LogP contribution in [0.1, 0.15) is 65.9 Å². The summed E-state index contributed by atoms with van der Waals surface area (Å²) in [6, 6.07) is 8.52. The Balaban J connectivity index is 1.85. The van der Waals surface area contributed by atoms with Crippen LogP contribution in [0.25, 0.3) is 0 Å². The lowest BCUT2D eigenvalue weighted by molar-refractivity contribution is -0.117. The summed E-state index contributed by atoms with van der Waals surface area (Å²) in [5, 5.41) is 0. The Labute approximate surface area is 140 Å². The lowest BCUT2D eigenvalue weighted by Crippen LogP contribution is -2.41. The minimum Gasteiger partial charge on any atom is -0.399 e. The number of ketones is 1. The molecule has 0 aromatic heterocycles. The predicted octanol–water partition coefficient (Wildman–Crippen LogP) is 3.68. The summed E-state index contributed by atoms with van der Waals surface area (Å²) in [7, 11) is -0.287. The number of Topliss-reactive ketones (excluding diaryl/α,β-unsaturated/α-hetero) is 1. The van der Waals surface area contributed by atoms with Crippen LogP contribution in [0.4, 0.5) is 0 Å². The van der Waals surface area contributed by atoms with Crippen LogP contribution < -0.4 is 5.46 Å². The highest BCUT2D eigenvalue weighted by Crippen LogP contribution is 2.36. The van der Waals surface area contributed by atoms with Crippen LogP contribution in [0.3, 0.4) is 0 Å². The number of aryl methyl sites for hydroxylation is 1. The maximum atomic E-state index is 10.9. The van der Waals surface area contributed by atoms with E-state index in [0.717, 1.165) is 31.1 Å². The van der Waals surface area contributed by atoms with Gasteiger partial charge in [-0.2, -0.15) is 0 Å². The van der Waals surface area contributed by atoms with Crippen molar-refractivity contribution in [3.05, 3.63) is 29.8 Å². The molecule has 23 heavy (non-hydrogen) atoms. The van der Waals surface area contributed by atoms with E-state index in [-0.39, 0.29) is 24.1 Å². The summed E-state index contributed by atoms with van der Waals surface area (Å²) in [6.07, 6.45) is 5.01. The van der Waals surface area contributed by atoms with Gasteiger partial charge in [0, 0.05) is 6.42 Å². The molecule has 0 saturated carbocycles. The zero-order chi connectivity index (χ0) is 17.1. The molecule has 0 bridgehead atoms. The van der Waals surface area contributed by atoms with Crippen molar-refractivity contribution in [2.75, 3.05) is 0 Å². The van der Waals surface area contributed by atoms with Crippen LogP contribution in [0.5, 0.6) is 0 Å². The Morgan fingerprint density at radius 2 is 1.52 bits per heavy atom. The molecule has 2 rings (SSSR count). The largest absolute Gasteiger partial charge is 0.494 e. The molecule has 126 valence electrons. The number of benzene rings is 1. The van der Waals surface area contributed by atoms with E-state index in [1.54, 1.807) is 6.92 Å². The quantitative estimate of drug-likeness (QED) is 0.569. The first kappa shape index (κ1) is 18.2. The fourth-order valence-electron chi connectivity index (χ4n) is 2.70. The van der Waals surface area contributed by atoms with Gasteiger partial charge in [-0.15, -0.1) is 0 Å². The van der Waals surface area contributed by atoms with Crippen molar-refractivity contribution < 1.29 is 14.1 Å². The van der Waals surface area contributed by atoms with Gasteiger partial charge in [0.25, 0.3) is 0 Å². The van der Waals surface area contributed by atoms with Crippen molar-refractivity contribution in [2.24, 2.45) is 0 Å². The molecule has 0 unspecified atom stereocenters. The van der Waals surface area contributed by atoms with Gasteiger partial charge >= 0.3 is 7.12 Å². The average Bonchev–Trinajstić information content (AvgIpc) is 2.67. The number of carbonyl (C=O) groups excluding carboxylic acids is 1. The van der Waals surface area contributed by atoms with Gasteiger partial charge in [-0.05, 0) is 64.9 Å². The lowest BCUT2D eigenvalue weighted by Gasteiger charge is -2.32. The minimum absolute atomic E-state index is 0.287. The van der Waals surface area contributed by atoms with Crippen LogP contribution in [0.15, 0.2) is 24.3 Å². The number of hydrogen-bond acceptors (Lipinski definition) is 3. The molecule has 1 aromatic carbocycles. The van der Waals surface area contributed by atoms with Crippen molar-refractivity contribution in [1.82, 2.24) is 0 Å². The maximum Gasteiger partial charge on any atom is 0.494 e. The molecular formula is C19H29BO3. The number of unbranched alkanes of at least 4 members (excludes halogenated alkanes) is 2. The number of rotatable bonds is 7. The average molecular weight is 316 g/mol. The van der Waals surface area contributed by atoms with E-state index in [0.29, 0.717) is 6.42 Å². The molecule has 0 spiro atoms. The molecule has 0 N–H and O–H groups in total. The number of carbonyl (C=O) groups is 1. The fourth-order valence-corrected chi connectivity index (χ4v) is 2.70. The molecule has 4 heteroatoms. The summed E-state index contributed by atoms with van der Waals surface area (Å²) in [5.74, 6) is 0.289. The van der Waals surface area contributed by atoms with Gasteiger partial charge in [0.2, 0.25) is 0 Å². The highest BCUT2D eigenvalue weighted by molar-refractivity contribution is 6.62. The molecule has 1 aliphatic rings. The molecule has 1 heterocycles. The Morgan fingerprint density at radius 3 is 2.04 bits per heavy atom. The first-order valence-electron chi connectivity index (χ1n) is 8.65. The Morgan fingerprint density at radius 1 is 0.957 bits per heavy atom. The maximum absolute atomic E-state index is 10.9. The molecule has 0 aliphatic carbocycles. The van der Waals surface area contributed by atoms with Crippen molar-refractivity contribution >= 4 is 18.4 Å². The van der Waals surface area contributed by atoms with Crippen LogP contribution in [-0.2, 0) is 20.5 Å². The third kappa shape index (κ3) is 4.68. The zero-order valence-corrected chi connectivity index (χ0v) is 15.1. The van der Waals surface area contributed by atoms with Crippen molar-refractivity contribution in [1.29, 1.82) is 0 Å². The molecule has 0 radical (unpaired) electrons. The smallest absolute Gasteiger partial charge is 0.399 e. The minimum atomic E-state index is -0.299. The van der Waals surface area contributed by atoms with E-state index in [9.17, 15) is 4.79 Å². The standard InChI is InChI=1S/C19H29BO3/c1-15(21)9-7-6-8-10-16-11-13-17(14-12-16)20-22-18(2,3)19(4,5)23-20/h11-14H,6-10H2,1-5H3. The summed E-state index contributed by atoms with van der Waals surface area (Å²) >= 11 is 0. The fraction of sp³-hybridized carbons (Fsp3) is 0.632. The van der Waals surface area contributed by atoms with Gasteiger partial charge in [-0.3, -0.25) is 0 Å². The molecule has 1 fully saturated rings. The van der Waals surface area contributed by atoms with E-state index in [1.807, 2.05) is 0 Å². The van der Waals surface area contributed by atoms with E-state index < -0.39 is 0 Å². The Hall–Kier alpha value is -1.13. The van der Waals surface area contributed by atoms with Crippen LogP contribution in [0, 0.1) is 0 Å². The van der Waals surface area contributed by atoms with Crippen molar-refractivity contribution in [3.63, 3.8) is 0 Å². The molecule has 0 atom stereocenters. The SMILES string of the molecule is CC(=O)CCCCCc1ccc(B2OC(C)(C)C(C)(C)O2)cc1. The Bertz CT molecular complexity index is 518. The van der Waals surface area contributed by atoms with Gasteiger partial charge in [-0.1, -0.05) is 30.7 Å². The summed E-state index contributed by atoms with van der Waals surface area (Å²) in [4.78, 5) is 10.9. The summed E-state index contributed by atoms with van der Waals surface area (Å²) in [5.41, 5.74) is 1.80. The molecular weight excluding hydrogens is 287 g/mol. The first-order chi connectivity index (χ1) is 10.7. The van der Waals surface area contributed by atoms with Gasteiger partial charge in [0.1, 0.15) is 5.78 Å². The highest BCUT2D eigenvalue weighted by atomic mass is 16.7. The molecule has 1 aromatic rings. The topological polar surface area (TPSA) is 35.5 Å². The second-order valence-electron chi connectivity index (χ2n) is 7.59. The molecule has 0 amide bonds. The van der Waals surface area contributed by atoms with Gasteiger partial charge in [-0.25, -0.2) is 0 Å². The van der Waals surface area contributed by atoms with Crippen LogP contribution in [-0.4, -0.2) is 24.1 Å². The first-order valence-corrected chi connectivity index (χ1v) is 8.65. The summed E-state index contributed by atoms with van der Waals surface area (Å²) in [6.45, 7) is 9.95. The molecule has 3 nitrogen and oxygen atoms in total. The van der Waals surface area contributed by atoms with Gasteiger partial charge < -0.3 is 14.1 Å². The highest BCUT2D eigenvalue weighted by Gasteiger charge is 2.51.